The van der Waals surface area contributed by atoms with Crippen LogP contribution in [0.5, 0.6) is 0 Å². The van der Waals surface area contributed by atoms with E-state index in [9.17, 15) is 4.79 Å². The lowest BCUT2D eigenvalue weighted by Gasteiger charge is -2.13. The maximum absolute atomic E-state index is 11.1. The maximum atomic E-state index is 11.1. The van der Waals surface area contributed by atoms with E-state index in [1.807, 2.05) is 0 Å². The first-order valence-corrected chi connectivity index (χ1v) is 6.92. The number of primary amides is 1. The highest BCUT2D eigenvalue weighted by Crippen LogP contribution is 2.19. The summed E-state index contributed by atoms with van der Waals surface area (Å²) in [5, 5.41) is 3.13. The number of amides is 1. The Bertz CT molecular complexity index is 304. The molecule has 1 amide bonds. The molecule has 0 saturated heterocycles. The molecule has 1 rings (SSSR count). The Labute approximate surface area is 103 Å². The van der Waals surface area contributed by atoms with E-state index in [1.165, 1.54) is 17.9 Å². The van der Waals surface area contributed by atoms with Crippen molar-refractivity contribution in [2.75, 3.05) is 12.3 Å². The summed E-state index contributed by atoms with van der Waals surface area (Å²) >= 11 is 2.97. The van der Waals surface area contributed by atoms with Crippen LogP contribution >= 0.6 is 23.3 Å². The van der Waals surface area contributed by atoms with Gasteiger partial charge in [-0.05, 0) is 30.9 Å². The zero-order chi connectivity index (χ0) is 11.8. The van der Waals surface area contributed by atoms with Crippen LogP contribution in [-0.2, 0) is 4.79 Å². The van der Waals surface area contributed by atoms with Gasteiger partial charge in [-0.3, -0.25) is 4.79 Å². The third kappa shape index (κ3) is 4.91. The smallest absolute Gasteiger partial charge is 0.234 e. The van der Waals surface area contributed by atoms with E-state index in [0.29, 0.717) is 0 Å². The molecule has 0 aliphatic rings. The monoisotopic (exact) mass is 260 g/mol. The van der Waals surface area contributed by atoms with Gasteiger partial charge in [0.05, 0.1) is 6.04 Å². The van der Waals surface area contributed by atoms with E-state index >= 15 is 0 Å². The van der Waals surface area contributed by atoms with Crippen LogP contribution in [0.1, 0.15) is 19.8 Å². The Morgan fingerprint density at radius 1 is 1.75 bits per heavy atom. The first-order chi connectivity index (χ1) is 7.74. The van der Waals surface area contributed by atoms with Crippen LogP contribution in [0.3, 0.4) is 0 Å². The van der Waals surface area contributed by atoms with Gasteiger partial charge in [-0.15, -0.1) is 0 Å². The quantitative estimate of drug-likeness (QED) is 0.678. The number of nitrogens with zero attached hydrogens (tertiary/aromatic N) is 2. The Hall–Kier alpha value is -0.660. The average molecular weight is 260 g/mol. The molecule has 1 unspecified atom stereocenters. The normalized spacial score (nSPS) is 12.6. The molecule has 5 nitrogen and oxygen atoms in total. The summed E-state index contributed by atoms with van der Waals surface area (Å²) in [6.45, 7) is 2.87. The minimum Gasteiger partial charge on any atom is -0.368 e. The molecule has 1 aromatic heterocycles. The largest absolute Gasteiger partial charge is 0.368 e. The van der Waals surface area contributed by atoms with Crippen molar-refractivity contribution in [1.29, 1.82) is 0 Å². The van der Waals surface area contributed by atoms with E-state index in [1.54, 1.807) is 11.8 Å². The fraction of sp³-hybridized carbons (Fsp3) is 0.667. The van der Waals surface area contributed by atoms with Crippen LogP contribution in [0.4, 0.5) is 0 Å². The molecular formula is C9H16N4OS2. The van der Waals surface area contributed by atoms with E-state index in [-0.39, 0.29) is 11.9 Å². The van der Waals surface area contributed by atoms with Gasteiger partial charge in [0, 0.05) is 5.75 Å². The second-order valence-electron chi connectivity index (χ2n) is 3.25. The molecule has 7 heteroatoms. The fourth-order valence-corrected chi connectivity index (χ4v) is 2.67. The van der Waals surface area contributed by atoms with Gasteiger partial charge >= 0.3 is 0 Å². The summed E-state index contributed by atoms with van der Waals surface area (Å²) in [5.41, 5.74) is 5.30. The van der Waals surface area contributed by atoms with Crippen molar-refractivity contribution < 1.29 is 4.79 Å². The molecular weight excluding hydrogens is 244 g/mol. The number of carbonyl (C=O) groups is 1. The molecule has 1 aromatic rings. The summed E-state index contributed by atoms with van der Waals surface area (Å²) in [6, 6.07) is -0.236. The highest BCUT2D eigenvalue weighted by molar-refractivity contribution is 8.00. The summed E-state index contributed by atoms with van der Waals surface area (Å²) in [6.07, 6.45) is 3.25. The molecule has 0 radical (unpaired) electrons. The number of nitrogens with one attached hydrogen (secondary N) is 1. The molecule has 3 N–H and O–H groups in total. The lowest BCUT2D eigenvalue weighted by Crippen LogP contribution is -2.41. The van der Waals surface area contributed by atoms with E-state index in [2.05, 4.69) is 21.6 Å². The molecule has 0 aromatic carbocycles. The minimum atomic E-state index is -0.286. The van der Waals surface area contributed by atoms with Gasteiger partial charge in [-0.2, -0.15) is 4.37 Å². The second-order valence-corrected chi connectivity index (χ2v) is 5.38. The summed E-state index contributed by atoms with van der Waals surface area (Å²) in [5.74, 6) is 0.533. The molecule has 16 heavy (non-hydrogen) atoms. The van der Waals surface area contributed by atoms with Gasteiger partial charge in [-0.25, -0.2) is 4.98 Å². The zero-order valence-corrected chi connectivity index (χ0v) is 10.8. The fourth-order valence-electron chi connectivity index (χ4n) is 1.15. The van der Waals surface area contributed by atoms with Crippen molar-refractivity contribution in [3.8, 4) is 0 Å². The first kappa shape index (κ1) is 13.4. The van der Waals surface area contributed by atoms with Gasteiger partial charge in [-0.1, -0.05) is 18.7 Å². The van der Waals surface area contributed by atoms with Crippen LogP contribution in [0.2, 0.25) is 0 Å². The summed E-state index contributed by atoms with van der Waals surface area (Å²) in [4.78, 5) is 15.2. The standard InChI is InChI=1S/C9H16N4OS2/c1-2-4-11-7(8(10)14)3-5-15-9-12-6-13-16-9/h6-7,11H,2-5H2,1H3,(H2,10,14). The van der Waals surface area contributed by atoms with Crippen LogP contribution in [0.25, 0.3) is 0 Å². The molecule has 0 saturated carbocycles. The third-order valence-electron chi connectivity index (χ3n) is 1.96. The molecule has 0 spiro atoms. The SMILES string of the molecule is CCCNC(CCSc1ncns1)C(N)=O. The van der Waals surface area contributed by atoms with Gasteiger partial charge in [0.25, 0.3) is 0 Å². The number of aromatic nitrogens is 2. The van der Waals surface area contributed by atoms with Crippen LogP contribution in [-0.4, -0.2) is 33.6 Å². The first-order valence-electron chi connectivity index (χ1n) is 5.16. The van der Waals surface area contributed by atoms with Crippen molar-refractivity contribution in [3.05, 3.63) is 6.33 Å². The Morgan fingerprint density at radius 3 is 3.12 bits per heavy atom. The topological polar surface area (TPSA) is 80.9 Å². The van der Waals surface area contributed by atoms with Crippen molar-refractivity contribution in [2.45, 2.75) is 30.1 Å². The molecule has 0 aliphatic carbocycles. The molecule has 0 bridgehead atoms. The second kappa shape index (κ2) is 7.59. The van der Waals surface area contributed by atoms with Gasteiger partial charge in [0.1, 0.15) is 6.33 Å². The molecule has 0 fully saturated rings. The predicted octanol–water partition coefficient (Wildman–Crippen LogP) is 0.874. The Balaban J connectivity index is 2.24. The van der Waals surface area contributed by atoms with Crippen molar-refractivity contribution in [2.24, 2.45) is 5.73 Å². The number of nitrogens with two attached hydrogens (primary N) is 1. The molecule has 90 valence electrons. The molecule has 0 aliphatic heterocycles. The van der Waals surface area contributed by atoms with Crippen molar-refractivity contribution in [3.63, 3.8) is 0 Å². The lowest BCUT2D eigenvalue weighted by atomic mass is 10.2. The van der Waals surface area contributed by atoms with Crippen LogP contribution in [0.15, 0.2) is 10.7 Å². The van der Waals surface area contributed by atoms with E-state index < -0.39 is 0 Å². The van der Waals surface area contributed by atoms with Crippen molar-refractivity contribution in [1.82, 2.24) is 14.7 Å². The lowest BCUT2D eigenvalue weighted by molar-refractivity contribution is -0.120. The van der Waals surface area contributed by atoms with Gasteiger partial charge < -0.3 is 11.1 Å². The van der Waals surface area contributed by atoms with Gasteiger partial charge in [0.15, 0.2) is 4.34 Å². The number of hydrogen-bond donors (Lipinski definition) is 2. The Morgan fingerprint density at radius 2 is 2.56 bits per heavy atom. The van der Waals surface area contributed by atoms with E-state index in [0.717, 1.165) is 29.5 Å². The predicted molar refractivity (Wildman–Crippen MR) is 66.5 cm³/mol. The maximum Gasteiger partial charge on any atom is 0.234 e. The van der Waals surface area contributed by atoms with Crippen LogP contribution in [0, 0.1) is 0 Å². The van der Waals surface area contributed by atoms with Gasteiger partial charge in [0.2, 0.25) is 5.91 Å². The molecule has 1 heterocycles. The number of rotatable bonds is 8. The van der Waals surface area contributed by atoms with Crippen molar-refractivity contribution >= 4 is 29.2 Å². The van der Waals surface area contributed by atoms with E-state index in [4.69, 9.17) is 5.73 Å². The summed E-state index contributed by atoms with van der Waals surface area (Å²) < 4.78 is 4.84. The number of thioether (sulfide) groups is 1. The highest BCUT2D eigenvalue weighted by atomic mass is 32.2. The number of hydrogen-bond acceptors (Lipinski definition) is 6. The zero-order valence-electron chi connectivity index (χ0n) is 9.18. The third-order valence-corrected chi connectivity index (χ3v) is 3.79. The minimum absolute atomic E-state index is 0.236. The highest BCUT2D eigenvalue weighted by Gasteiger charge is 2.13. The Kier molecular flexibility index (Phi) is 6.36. The van der Waals surface area contributed by atoms with Crippen LogP contribution < -0.4 is 11.1 Å². The molecule has 1 atom stereocenters. The summed E-state index contributed by atoms with van der Waals surface area (Å²) in [7, 11) is 0. The average Bonchev–Trinajstić information content (AvgIpc) is 2.75. The number of carbonyl (C=O) groups excluding carboxylic acids is 1.